The summed E-state index contributed by atoms with van der Waals surface area (Å²) in [6.07, 6.45) is -3.51. The van der Waals surface area contributed by atoms with Gasteiger partial charge in [0.1, 0.15) is 17.5 Å². The molecule has 3 aromatic carbocycles. The zero-order valence-corrected chi connectivity index (χ0v) is 18.3. The Kier molecular flexibility index (Phi) is 7.00. The van der Waals surface area contributed by atoms with Gasteiger partial charge in [-0.15, -0.1) is 0 Å². The van der Waals surface area contributed by atoms with Crippen LogP contribution in [0.15, 0.2) is 54.6 Å². The summed E-state index contributed by atoms with van der Waals surface area (Å²) in [6.45, 7) is 3.13. The van der Waals surface area contributed by atoms with Crippen molar-refractivity contribution in [3.63, 3.8) is 0 Å². The standard InChI is InChI=1S/C26H22F6O2/c1-2-3-15-13-33-25(34-14-15)18-5-8-20(23(28)12-18)16-4-7-19(22(27)10-16)17-6-9-21(24(29)11-17)26(30,31)32/h4-12,15,25H,2-3,13-14H2,1H3. The summed E-state index contributed by atoms with van der Waals surface area (Å²) in [5, 5.41) is 0. The molecule has 2 nitrogen and oxygen atoms in total. The minimum absolute atomic E-state index is 0.0571. The second-order valence-corrected chi connectivity index (χ2v) is 8.28. The van der Waals surface area contributed by atoms with Crippen LogP contribution in [-0.4, -0.2) is 13.2 Å². The van der Waals surface area contributed by atoms with Gasteiger partial charge in [-0.1, -0.05) is 43.7 Å². The Labute approximate surface area is 193 Å². The number of benzene rings is 3. The van der Waals surface area contributed by atoms with Gasteiger partial charge in [-0.3, -0.25) is 0 Å². The van der Waals surface area contributed by atoms with Gasteiger partial charge in [0, 0.05) is 22.6 Å². The summed E-state index contributed by atoms with van der Waals surface area (Å²) in [5.41, 5.74) is -0.716. The Morgan fingerprint density at radius 1 is 0.765 bits per heavy atom. The summed E-state index contributed by atoms with van der Waals surface area (Å²) < 4.78 is 93.3. The van der Waals surface area contributed by atoms with Gasteiger partial charge in [0.2, 0.25) is 0 Å². The third kappa shape index (κ3) is 5.13. The monoisotopic (exact) mass is 480 g/mol. The molecule has 0 amide bonds. The third-order valence-corrected chi connectivity index (χ3v) is 5.79. The highest BCUT2D eigenvalue weighted by Crippen LogP contribution is 2.36. The van der Waals surface area contributed by atoms with Crippen LogP contribution in [0.3, 0.4) is 0 Å². The molecule has 1 aliphatic rings. The summed E-state index contributed by atoms with van der Waals surface area (Å²) in [6, 6.07) is 10.4. The van der Waals surface area contributed by atoms with E-state index in [0.29, 0.717) is 36.8 Å². The van der Waals surface area contributed by atoms with Crippen molar-refractivity contribution in [2.45, 2.75) is 32.2 Å². The lowest BCUT2D eigenvalue weighted by atomic mass is 9.97. The van der Waals surface area contributed by atoms with E-state index in [9.17, 15) is 26.3 Å². The van der Waals surface area contributed by atoms with Crippen LogP contribution < -0.4 is 0 Å². The molecule has 3 aromatic rings. The summed E-state index contributed by atoms with van der Waals surface area (Å²) in [4.78, 5) is 0. The maximum Gasteiger partial charge on any atom is 0.419 e. The lowest BCUT2D eigenvalue weighted by molar-refractivity contribution is -0.206. The molecule has 0 saturated carbocycles. The van der Waals surface area contributed by atoms with E-state index >= 15 is 0 Å². The van der Waals surface area contributed by atoms with E-state index in [1.165, 1.54) is 24.3 Å². The minimum Gasteiger partial charge on any atom is -0.348 e. The molecule has 1 aliphatic heterocycles. The fraction of sp³-hybridized carbons (Fsp3) is 0.308. The van der Waals surface area contributed by atoms with Crippen LogP contribution in [0.2, 0.25) is 0 Å². The number of halogens is 6. The fourth-order valence-corrected chi connectivity index (χ4v) is 4.05. The van der Waals surface area contributed by atoms with E-state index in [1.54, 1.807) is 6.07 Å². The van der Waals surface area contributed by atoms with Crippen molar-refractivity contribution in [3.05, 3.63) is 83.2 Å². The predicted octanol–water partition coefficient (Wildman–Crippen LogP) is 7.92. The van der Waals surface area contributed by atoms with Gasteiger partial charge in [0.05, 0.1) is 18.8 Å². The third-order valence-electron chi connectivity index (χ3n) is 5.79. The van der Waals surface area contributed by atoms with E-state index in [1.807, 2.05) is 0 Å². The van der Waals surface area contributed by atoms with Crippen LogP contribution in [0.25, 0.3) is 22.3 Å². The van der Waals surface area contributed by atoms with Gasteiger partial charge in [-0.2, -0.15) is 13.2 Å². The molecular weight excluding hydrogens is 458 g/mol. The summed E-state index contributed by atoms with van der Waals surface area (Å²) in [5.74, 6) is -2.61. The van der Waals surface area contributed by atoms with Crippen molar-refractivity contribution in [1.82, 2.24) is 0 Å². The smallest absolute Gasteiger partial charge is 0.348 e. The summed E-state index contributed by atoms with van der Waals surface area (Å²) in [7, 11) is 0. The quantitative estimate of drug-likeness (QED) is 0.346. The number of rotatable bonds is 5. The lowest BCUT2D eigenvalue weighted by Gasteiger charge is -2.29. The fourth-order valence-electron chi connectivity index (χ4n) is 4.05. The molecule has 34 heavy (non-hydrogen) atoms. The topological polar surface area (TPSA) is 18.5 Å². The van der Waals surface area contributed by atoms with Gasteiger partial charge in [-0.05, 0) is 41.8 Å². The number of hydrogen-bond acceptors (Lipinski definition) is 2. The molecule has 4 rings (SSSR count). The molecule has 1 fully saturated rings. The van der Waals surface area contributed by atoms with Gasteiger partial charge < -0.3 is 9.47 Å². The van der Waals surface area contributed by atoms with Crippen LogP contribution in [0.1, 0.15) is 37.2 Å². The van der Waals surface area contributed by atoms with Crippen LogP contribution in [0.5, 0.6) is 0 Å². The molecule has 8 heteroatoms. The largest absolute Gasteiger partial charge is 0.419 e. The first-order valence-electron chi connectivity index (χ1n) is 10.9. The molecule has 0 bridgehead atoms. The highest BCUT2D eigenvalue weighted by atomic mass is 19.4. The first kappa shape index (κ1) is 24.3. The van der Waals surface area contributed by atoms with E-state index < -0.39 is 35.5 Å². The lowest BCUT2D eigenvalue weighted by Crippen LogP contribution is -2.27. The molecule has 0 aromatic heterocycles. The molecule has 0 atom stereocenters. The maximum absolute atomic E-state index is 14.9. The molecule has 0 aliphatic carbocycles. The minimum atomic E-state index is -4.85. The van der Waals surface area contributed by atoms with Crippen LogP contribution in [0.4, 0.5) is 26.3 Å². The van der Waals surface area contributed by atoms with Crippen molar-refractivity contribution < 1.29 is 35.8 Å². The van der Waals surface area contributed by atoms with Crippen molar-refractivity contribution in [2.24, 2.45) is 5.92 Å². The van der Waals surface area contributed by atoms with Crippen LogP contribution >= 0.6 is 0 Å². The Hall–Kier alpha value is -2.84. The zero-order valence-electron chi connectivity index (χ0n) is 18.3. The molecule has 0 unspecified atom stereocenters. The van der Waals surface area contributed by atoms with Crippen LogP contribution in [0, 0.1) is 23.4 Å². The van der Waals surface area contributed by atoms with Gasteiger partial charge in [0.25, 0.3) is 0 Å². The molecule has 180 valence electrons. The van der Waals surface area contributed by atoms with E-state index in [0.717, 1.165) is 25.0 Å². The van der Waals surface area contributed by atoms with E-state index in [4.69, 9.17) is 9.47 Å². The second kappa shape index (κ2) is 9.80. The van der Waals surface area contributed by atoms with Gasteiger partial charge >= 0.3 is 6.18 Å². The summed E-state index contributed by atoms with van der Waals surface area (Å²) >= 11 is 0. The molecule has 0 N–H and O–H groups in total. The maximum atomic E-state index is 14.9. The highest BCUT2D eigenvalue weighted by Gasteiger charge is 2.34. The second-order valence-electron chi connectivity index (χ2n) is 8.28. The highest BCUT2D eigenvalue weighted by molar-refractivity contribution is 5.71. The molecule has 1 saturated heterocycles. The van der Waals surface area contributed by atoms with Gasteiger partial charge in [-0.25, -0.2) is 13.2 Å². The molecule has 0 spiro atoms. The Bertz CT molecular complexity index is 1170. The van der Waals surface area contributed by atoms with Crippen molar-refractivity contribution in [2.75, 3.05) is 13.2 Å². The average Bonchev–Trinajstić information content (AvgIpc) is 2.79. The SMILES string of the molecule is CCCC1COC(c2ccc(-c3ccc(-c4ccc(C(F)(F)F)c(F)c4)c(F)c3)c(F)c2)OC1. The first-order valence-corrected chi connectivity index (χ1v) is 10.9. The first-order chi connectivity index (χ1) is 16.2. The Balaban J connectivity index is 1.55. The number of hydrogen-bond donors (Lipinski definition) is 0. The van der Waals surface area contributed by atoms with Crippen molar-refractivity contribution in [1.29, 1.82) is 0 Å². The predicted molar refractivity (Wildman–Crippen MR) is 115 cm³/mol. The Morgan fingerprint density at radius 2 is 1.32 bits per heavy atom. The zero-order chi connectivity index (χ0) is 24.5. The molecular formula is C26H22F6O2. The number of ether oxygens (including phenoxy) is 2. The van der Waals surface area contributed by atoms with E-state index in [2.05, 4.69) is 6.92 Å². The van der Waals surface area contributed by atoms with E-state index in [-0.39, 0.29) is 22.3 Å². The van der Waals surface area contributed by atoms with Crippen molar-refractivity contribution >= 4 is 0 Å². The normalized spacial score (nSPS) is 18.8. The molecule has 1 heterocycles. The Morgan fingerprint density at radius 3 is 1.85 bits per heavy atom. The van der Waals surface area contributed by atoms with Crippen molar-refractivity contribution in [3.8, 4) is 22.3 Å². The molecule has 0 radical (unpaired) electrons. The number of alkyl halides is 3. The average molecular weight is 480 g/mol. The van der Waals surface area contributed by atoms with Crippen LogP contribution in [-0.2, 0) is 15.7 Å². The van der Waals surface area contributed by atoms with Gasteiger partial charge in [0.15, 0.2) is 6.29 Å².